The number of piperazine rings is 1. The van der Waals surface area contributed by atoms with Crippen LogP contribution in [0.4, 0.5) is 10.5 Å². The van der Waals surface area contributed by atoms with Crippen LogP contribution in [0.5, 0.6) is 5.75 Å². The van der Waals surface area contributed by atoms with Gasteiger partial charge >= 0.3 is 6.09 Å². The average molecular weight is 446 g/mol. The Bertz CT molecular complexity index is 816. The molecular formula is C15H13ClIN3O3. The minimum Gasteiger partial charge on any atom is -0.488 e. The van der Waals surface area contributed by atoms with Crippen molar-refractivity contribution in [3.8, 4) is 5.75 Å². The second kappa shape index (κ2) is 5.55. The van der Waals surface area contributed by atoms with E-state index in [9.17, 15) is 9.90 Å². The van der Waals surface area contributed by atoms with Crippen molar-refractivity contribution < 1.29 is 14.6 Å². The summed E-state index contributed by atoms with van der Waals surface area (Å²) in [5.41, 5.74) is 1.81. The summed E-state index contributed by atoms with van der Waals surface area (Å²) in [6.07, 6.45) is 0.845. The van der Waals surface area contributed by atoms with E-state index in [1.165, 1.54) is 4.90 Å². The van der Waals surface area contributed by atoms with Crippen LogP contribution in [0, 0.1) is 3.57 Å². The third-order valence-corrected chi connectivity index (χ3v) is 5.84. The fourth-order valence-corrected chi connectivity index (χ4v) is 3.83. The summed E-state index contributed by atoms with van der Waals surface area (Å²) < 4.78 is 6.80. The number of carbonyl (C=O) groups is 1. The van der Waals surface area contributed by atoms with Crippen molar-refractivity contribution in [2.24, 2.45) is 0 Å². The van der Waals surface area contributed by atoms with E-state index in [-0.39, 0.29) is 6.04 Å². The van der Waals surface area contributed by atoms with Crippen molar-refractivity contribution >= 4 is 56.9 Å². The topological polar surface area (TPSA) is 65.9 Å². The Labute approximate surface area is 151 Å². The standard InChI is InChI=1S/C15H13ClIN3O3/c16-10-4-12-9(3-11(10)17)14-13(5-18-12)23-7-8-6-19(15(21)22)1-2-20(8)14/h3-5,8H,1-2,6-7H2,(H,21,22)/t8-/m1/s1. The molecule has 0 unspecified atom stereocenters. The zero-order chi connectivity index (χ0) is 16.1. The van der Waals surface area contributed by atoms with Gasteiger partial charge in [0.15, 0.2) is 5.75 Å². The molecule has 1 saturated heterocycles. The van der Waals surface area contributed by atoms with Crippen molar-refractivity contribution in [2.75, 3.05) is 31.1 Å². The Morgan fingerprint density at radius 2 is 2.26 bits per heavy atom. The normalized spacial score (nSPS) is 20.0. The van der Waals surface area contributed by atoms with Crippen LogP contribution in [-0.4, -0.2) is 53.4 Å². The number of benzene rings is 1. The van der Waals surface area contributed by atoms with Gasteiger partial charge in [-0.2, -0.15) is 0 Å². The molecule has 0 aliphatic carbocycles. The number of pyridine rings is 1. The maximum absolute atomic E-state index is 11.2. The molecule has 1 aromatic heterocycles. The lowest BCUT2D eigenvalue weighted by molar-refractivity contribution is 0.123. The predicted molar refractivity (Wildman–Crippen MR) is 95.7 cm³/mol. The van der Waals surface area contributed by atoms with Gasteiger partial charge in [0.25, 0.3) is 0 Å². The molecule has 8 heteroatoms. The first-order chi connectivity index (χ1) is 11.0. The number of amides is 1. The van der Waals surface area contributed by atoms with Gasteiger partial charge in [-0.1, -0.05) is 11.6 Å². The summed E-state index contributed by atoms with van der Waals surface area (Å²) >= 11 is 8.40. The zero-order valence-corrected chi connectivity index (χ0v) is 14.9. The molecule has 1 amide bonds. The summed E-state index contributed by atoms with van der Waals surface area (Å²) in [6, 6.07) is 3.89. The van der Waals surface area contributed by atoms with Gasteiger partial charge in [0.1, 0.15) is 6.61 Å². The van der Waals surface area contributed by atoms with E-state index in [0.29, 0.717) is 31.3 Å². The minimum absolute atomic E-state index is 0.0197. The van der Waals surface area contributed by atoms with Crippen LogP contribution in [-0.2, 0) is 0 Å². The van der Waals surface area contributed by atoms with Crippen LogP contribution in [0.15, 0.2) is 18.3 Å². The Morgan fingerprint density at radius 1 is 1.43 bits per heavy atom. The molecule has 0 bridgehead atoms. The number of hydrogen-bond donors (Lipinski definition) is 1. The van der Waals surface area contributed by atoms with E-state index < -0.39 is 6.09 Å². The number of ether oxygens (including phenoxy) is 1. The smallest absolute Gasteiger partial charge is 0.407 e. The lowest BCUT2D eigenvalue weighted by atomic mass is 10.1. The summed E-state index contributed by atoms with van der Waals surface area (Å²) in [6.45, 7) is 2.04. The van der Waals surface area contributed by atoms with Gasteiger partial charge in [-0.15, -0.1) is 0 Å². The Morgan fingerprint density at radius 3 is 3.04 bits per heavy atom. The monoisotopic (exact) mass is 445 g/mol. The molecule has 0 radical (unpaired) electrons. The zero-order valence-electron chi connectivity index (χ0n) is 12.0. The highest BCUT2D eigenvalue weighted by Crippen LogP contribution is 2.41. The molecular weight excluding hydrogens is 433 g/mol. The van der Waals surface area contributed by atoms with Crippen LogP contribution >= 0.6 is 34.2 Å². The first-order valence-electron chi connectivity index (χ1n) is 7.19. The molecule has 2 aliphatic heterocycles. The van der Waals surface area contributed by atoms with E-state index in [0.717, 1.165) is 25.9 Å². The second-order valence-electron chi connectivity index (χ2n) is 5.64. The molecule has 0 spiro atoms. The Balaban J connectivity index is 1.82. The second-order valence-corrected chi connectivity index (χ2v) is 7.21. The Kier molecular flexibility index (Phi) is 3.64. The van der Waals surface area contributed by atoms with E-state index in [1.54, 1.807) is 6.20 Å². The predicted octanol–water partition coefficient (Wildman–Crippen LogP) is 3.05. The van der Waals surface area contributed by atoms with Crippen molar-refractivity contribution in [1.29, 1.82) is 0 Å². The molecule has 2 aromatic rings. The van der Waals surface area contributed by atoms with Gasteiger partial charge < -0.3 is 19.6 Å². The maximum Gasteiger partial charge on any atom is 0.407 e. The highest BCUT2D eigenvalue weighted by Gasteiger charge is 2.35. The van der Waals surface area contributed by atoms with Crippen molar-refractivity contribution in [2.45, 2.75) is 6.04 Å². The van der Waals surface area contributed by atoms with Crippen LogP contribution in [0.3, 0.4) is 0 Å². The van der Waals surface area contributed by atoms with Crippen LogP contribution < -0.4 is 9.64 Å². The molecule has 120 valence electrons. The summed E-state index contributed by atoms with van der Waals surface area (Å²) in [7, 11) is 0. The summed E-state index contributed by atoms with van der Waals surface area (Å²) in [5, 5.41) is 10.9. The number of carboxylic acid groups (broad SMARTS) is 1. The van der Waals surface area contributed by atoms with Gasteiger partial charge in [-0.05, 0) is 34.7 Å². The fraction of sp³-hybridized carbons (Fsp3) is 0.333. The number of hydrogen-bond acceptors (Lipinski definition) is 4. The van der Waals surface area contributed by atoms with Gasteiger partial charge in [-0.25, -0.2) is 4.79 Å². The van der Waals surface area contributed by atoms with Crippen LogP contribution in [0.1, 0.15) is 0 Å². The van der Waals surface area contributed by atoms with Gasteiger partial charge in [-0.3, -0.25) is 4.98 Å². The van der Waals surface area contributed by atoms with Crippen LogP contribution in [0.2, 0.25) is 5.02 Å². The van der Waals surface area contributed by atoms with Crippen LogP contribution in [0.25, 0.3) is 10.9 Å². The van der Waals surface area contributed by atoms with Crippen molar-refractivity contribution in [3.63, 3.8) is 0 Å². The van der Waals surface area contributed by atoms with E-state index in [4.69, 9.17) is 16.3 Å². The van der Waals surface area contributed by atoms with Gasteiger partial charge in [0, 0.05) is 28.6 Å². The molecule has 1 aromatic carbocycles. The first kappa shape index (κ1) is 15.1. The fourth-order valence-electron chi connectivity index (χ4n) is 3.21. The molecule has 0 saturated carbocycles. The number of rotatable bonds is 0. The minimum atomic E-state index is -0.878. The van der Waals surface area contributed by atoms with E-state index in [1.807, 2.05) is 12.1 Å². The number of halogens is 2. The third-order valence-electron chi connectivity index (χ3n) is 4.32. The lowest BCUT2D eigenvalue weighted by Crippen LogP contribution is -2.58. The van der Waals surface area contributed by atoms with Crippen molar-refractivity contribution in [3.05, 3.63) is 26.9 Å². The van der Waals surface area contributed by atoms with Gasteiger partial charge in [0.05, 0.1) is 28.5 Å². The largest absolute Gasteiger partial charge is 0.488 e. The number of fused-ring (bicyclic) bond motifs is 5. The molecule has 2 aliphatic rings. The summed E-state index contributed by atoms with van der Waals surface area (Å²) in [5.74, 6) is 0.746. The SMILES string of the molecule is O=C(O)N1CCN2c3c(cnc4cc(Cl)c(I)cc34)OC[C@H]2C1. The average Bonchev–Trinajstić information content (AvgIpc) is 2.54. The quantitative estimate of drug-likeness (QED) is 0.632. The highest BCUT2D eigenvalue weighted by atomic mass is 127. The molecule has 1 atom stereocenters. The van der Waals surface area contributed by atoms with Gasteiger partial charge in [0.2, 0.25) is 0 Å². The Hall–Kier alpha value is -1.48. The highest BCUT2D eigenvalue weighted by molar-refractivity contribution is 14.1. The third kappa shape index (κ3) is 2.46. The molecule has 4 rings (SSSR count). The number of anilines is 1. The molecule has 6 nitrogen and oxygen atoms in total. The molecule has 3 heterocycles. The van der Waals surface area contributed by atoms with E-state index in [2.05, 4.69) is 32.5 Å². The van der Waals surface area contributed by atoms with Crippen molar-refractivity contribution in [1.82, 2.24) is 9.88 Å². The molecule has 1 N–H and O–H groups in total. The summed E-state index contributed by atoms with van der Waals surface area (Å²) in [4.78, 5) is 19.3. The molecule has 1 fully saturated rings. The van der Waals surface area contributed by atoms with E-state index >= 15 is 0 Å². The number of nitrogens with zero attached hydrogens (tertiary/aromatic N) is 3. The maximum atomic E-state index is 11.2. The molecule has 23 heavy (non-hydrogen) atoms. The lowest BCUT2D eigenvalue weighted by Gasteiger charge is -2.45. The first-order valence-corrected chi connectivity index (χ1v) is 8.65. The number of aromatic nitrogens is 1.